The van der Waals surface area contributed by atoms with Crippen LogP contribution >= 0.6 is 22.6 Å². The summed E-state index contributed by atoms with van der Waals surface area (Å²) in [5.41, 5.74) is 0.686. The first-order valence-electron chi connectivity index (χ1n) is 7.47. The minimum absolute atomic E-state index is 0.138. The Morgan fingerprint density at radius 1 is 1.24 bits per heavy atom. The number of carbonyl (C=O) groups is 1. The van der Waals surface area contributed by atoms with Crippen molar-refractivity contribution in [1.29, 1.82) is 0 Å². The van der Waals surface area contributed by atoms with Crippen LogP contribution in [0.1, 0.15) is 31.9 Å². The number of amides is 1. The quantitative estimate of drug-likeness (QED) is 0.790. The predicted molar refractivity (Wildman–Crippen MR) is 89.9 cm³/mol. The lowest BCUT2D eigenvalue weighted by Gasteiger charge is -2.57. The van der Waals surface area contributed by atoms with Crippen LogP contribution in [0.4, 0.5) is 0 Å². The smallest absolute Gasteiger partial charge is 0.256 e. The van der Waals surface area contributed by atoms with Crippen molar-refractivity contribution in [3.05, 3.63) is 33.4 Å². The molecule has 1 amide bonds. The molecule has 3 fully saturated rings. The molecule has 3 aliphatic rings. The average molecular weight is 400 g/mol. The molecule has 3 heterocycles. The number of halogens is 1. The molecule has 3 aliphatic heterocycles. The van der Waals surface area contributed by atoms with Gasteiger partial charge in [0, 0.05) is 34.8 Å². The Hall–Kier alpha value is -0.660. The van der Waals surface area contributed by atoms with Crippen molar-refractivity contribution in [1.82, 2.24) is 9.80 Å². The Labute approximate surface area is 139 Å². The fourth-order valence-corrected chi connectivity index (χ4v) is 3.71. The highest BCUT2D eigenvalue weighted by molar-refractivity contribution is 14.1. The van der Waals surface area contributed by atoms with Gasteiger partial charge in [-0.3, -0.25) is 9.69 Å². The van der Waals surface area contributed by atoms with Crippen LogP contribution in [0, 0.1) is 3.57 Å². The number of aliphatic hydroxyl groups is 1. The standard InChI is InChI=1S/C16H21IN2O2/c1-10(2)18-8-13-7-14(9-18)19(13)16(21)15(20)11-3-5-12(17)6-4-11/h3-6,10,13-15,20H,7-9H2,1-2H3. The Morgan fingerprint density at radius 2 is 1.81 bits per heavy atom. The fourth-order valence-electron chi connectivity index (χ4n) is 3.35. The molecule has 114 valence electrons. The van der Waals surface area contributed by atoms with E-state index in [4.69, 9.17) is 0 Å². The first-order chi connectivity index (χ1) is 9.97. The van der Waals surface area contributed by atoms with Crippen molar-refractivity contribution in [2.24, 2.45) is 0 Å². The van der Waals surface area contributed by atoms with Crippen LogP contribution in [-0.2, 0) is 4.79 Å². The number of fused-ring (bicyclic) bond motifs is 2. The summed E-state index contributed by atoms with van der Waals surface area (Å²) < 4.78 is 1.10. The van der Waals surface area contributed by atoms with Gasteiger partial charge in [0.25, 0.3) is 5.91 Å². The molecular weight excluding hydrogens is 379 g/mol. The van der Waals surface area contributed by atoms with E-state index < -0.39 is 6.10 Å². The van der Waals surface area contributed by atoms with Crippen molar-refractivity contribution >= 4 is 28.5 Å². The molecule has 0 aliphatic carbocycles. The van der Waals surface area contributed by atoms with Gasteiger partial charge in [-0.05, 0) is 60.6 Å². The summed E-state index contributed by atoms with van der Waals surface area (Å²) in [4.78, 5) is 16.9. The normalized spacial score (nSPS) is 26.6. The predicted octanol–water partition coefficient (Wildman–Crippen LogP) is 2.02. The third kappa shape index (κ3) is 2.83. The van der Waals surface area contributed by atoms with Crippen LogP contribution < -0.4 is 0 Å². The van der Waals surface area contributed by atoms with Gasteiger partial charge < -0.3 is 10.0 Å². The minimum atomic E-state index is -1.03. The van der Waals surface area contributed by atoms with Gasteiger partial charge in [-0.1, -0.05) is 12.1 Å². The first kappa shape index (κ1) is 15.2. The molecule has 1 aromatic carbocycles. The van der Waals surface area contributed by atoms with Gasteiger partial charge in [-0.15, -0.1) is 0 Å². The minimum Gasteiger partial charge on any atom is -0.378 e. The van der Waals surface area contributed by atoms with Crippen LogP contribution in [0.3, 0.4) is 0 Å². The van der Waals surface area contributed by atoms with Gasteiger partial charge in [-0.25, -0.2) is 0 Å². The van der Waals surface area contributed by atoms with Crippen LogP contribution in [0.5, 0.6) is 0 Å². The fraction of sp³-hybridized carbons (Fsp3) is 0.562. The zero-order chi connectivity index (χ0) is 15.1. The lowest BCUT2D eigenvalue weighted by atomic mass is 9.85. The van der Waals surface area contributed by atoms with Crippen LogP contribution in [-0.4, -0.2) is 52.0 Å². The Bertz CT molecular complexity index is 520. The molecule has 0 saturated carbocycles. The van der Waals surface area contributed by atoms with Gasteiger partial charge in [0.15, 0.2) is 6.10 Å². The number of benzene rings is 1. The third-order valence-corrected chi connectivity index (χ3v) is 5.35. The van der Waals surface area contributed by atoms with Crippen molar-refractivity contribution < 1.29 is 9.90 Å². The Morgan fingerprint density at radius 3 is 2.33 bits per heavy atom. The molecule has 3 saturated heterocycles. The second-order valence-corrected chi connectivity index (χ2v) is 7.54. The maximum atomic E-state index is 12.6. The number of rotatable bonds is 3. The lowest BCUT2D eigenvalue weighted by Crippen LogP contribution is -2.71. The number of hydrogen-bond donors (Lipinski definition) is 1. The molecule has 0 spiro atoms. The van der Waals surface area contributed by atoms with E-state index in [0.29, 0.717) is 11.6 Å². The maximum absolute atomic E-state index is 12.6. The summed E-state index contributed by atoms with van der Waals surface area (Å²) in [7, 11) is 0. The molecule has 2 bridgehead atoms. The van der Waals surface area contributed by atoms with Gasteiger partial charge in [0.2, 0.25) is 0 Å². The number of aliphatic hydroxyl groups excluding tert-OH is 1. The average Bonchev–Trinajstić information content (AvgIpc) is 2.47. The summed E-state index contributed by atoms with van der Waals surface area (Å²) in [6.07, 6.45) is 0.0480. The number of piperazine rings is 1. The molecular formula is C16H21IN2O2. The zero-order valence-electron chi connectivity index (χ0n) is 12.4. The molecule has 5 heteroatoms. The molecule has 0 aromatic heterocycles. The number of carbonyl (C=O) groups excluding carboxylic acids is 1. The van der Waals surface area contributed by atoms with Crippen molar-refractivity contribution in [2.45, 2.75) is 44.5 Å². The van der Waals surface area contributed by atoms with Crippen LogP contribution in [0.2, 0.25) is 0 Å². The van der Waals surface area contributed by atoms with Gasteiger partial charge in [-0.2, -0.15) is 0 Å². The van der Waals surface area contributed by atoms with E-state index in [-0.39, 0.29) is 18.0 Å². The van der Waals surface area contributed by atoms with Gasteiger partial charge in [0.1, 0.15) is 0 Å². The van der Waals surface area contributed by atoms with Crippen LogP contribution in [0.15, 0.2) is 24.3 Å². The van der Waals surface area contributed by atoms with Gasteiger partial charge in [0.05, 0.1) is 0 Å². The summed E-state index contributed by atoms with van der Waals surface area (Å²) >= 11 is 2.22. The monoisotopic (exact) mass is 400 g/mol. The maximum Gasteiger partial charge on any atom is 0.256 e. The second-order valence-electron chi connectivity index (χ2n) is 6.29. The van der Waals surface area contributed by atoms with Gasteiger partial charge >= 0.3 is 0 Å². The molecule has 4 nitrogen and oxygen atoms in total. The number of piperidine rings is 1. The van der Waals surface area contributed by atoms with E-state index >= 15 is 0 Å². The highest BCUT2D eigenvalue weighted by atomic mass is 127. The van der Waals surface area contributed by atoms with E-state index in [2.05, 4.69) is 41.3 Å². The second kappa shape index (κ2) is 5.85. The molecule has 3 unspecified atom stereocenters. The highest BCUT2D eigenvalue weighted by Crippen LogP contribution is 2.35. The van der Waals surface area contributed by atoms with E-state index in [1.54, 1.807) is 0 Å². The van der Waals surface area contributed by atoms with Crippen molar-refractivity contribution in [2.75, 3.05) is 13.1 Å². The first-order valence-corrected chi connectivity index (χ1v) is 8.55. The summed E-state index contributed by atoms with van der Waals surface area (Å²) in [6, 6.07) is 8.58. The summed E-state index contributed by atoms with van der Waals surface area (Å²) in [6.45, 7) is 6.24. The largest absolute Gasteiger partial charge is 0.378 e. The molecule has 21 heavy (non-hydrogen) atoms. The zero-order valence-corrected chi connectivity index (χ0v) is 14.5. The molecule has 1 aromatic rings. The van der Waals surface area contributed by atoms with E-state index in [0.717, 1.165) is 23.1 Å². The Balaban J connectivity index is 1.68. The van der Waals surface area contributed by atoms with E-state index in [1.807, 2.05) is 29.2 Å². The SMILES string of the molecule is CC(C)N1CC2CC(C1)N2C(=O)C(O)c1ccc(I)cc1. The lowest BCUT2D eigenvalue weighted by molar-refractivity contribution is -0.164. The molecule has 1 N–H and O–H groups in total. The van der Waals surface area contributed by atoms with Crippen molar-refractivity contribution in [3.63, 3.8) is 0 Å². The summed E-state index contributed by atoms with van der Waals surface area (Å²) in [5, 5.41) is 10.3. The molecule has 3 atom stereocenters. The number of nitrogens with zero attached hydrogens (tertiary/aromatic N) is 2. The topological polar surface area (TPSA) is 43.8 Å². The molecule has 4 rings (SSSR count). The van der Waals surface area contributed by atoms with E-state index in [9.17, 15) is 9.90 Å². The molecule has 0 radical (unpaired) electrons. The summed E-state index contributed by atoms with van der Waals surface area (Å²) in [5.74, 6) is -0.138. The third-order valence-electron chi connectivity index (χ3n) is 4.63. The van der Waals surface area contributed by atoms with Crippen LogP contribution in [0.25, 0.3) is 0 Å². The Kier molecular flexibility index (Phi) is 4.25. The highest BCUT2D eigenvalue weighted by Gasteiger charge is 2.48. The van der Waals surface area contributed by atoms with E-state index in [1.165, 1.54) is 0 Å². The van der Waals surface area contributed by atoms with Crippen molar-refractivity contribution in [3.8, 4) is 0 Å². The number of hydrogen-bond acceptors (Lipinski definition) is 3.